The van der Waals surface area contributed by atoms with Crippen molar-refractivity contribution in [1.29, 1.82) is 0 Å². The molecule has 0 aliphatic heterocycles. The first-order valence-electron chi connectivity index (χ1n) is 10.7. The number of benzene rings is 2. The van der Waals surface area contributed by atoms with E-state index in [1.807, 2.05) is 12.5 Å². The fourth-order valence-electron chi connectivity index (χ4n) is 2.97. The van der Waals surface area contributed by atoms with Gasteiger partial charge in [0.2, 0.25) is 0 Å². The van der Waals surface area contributed by atoms with Crippen molar-refractivity contribution in [2.24, 2.45) is 0 Å². The summed E-state index contributed by atoms with van der Waals surface area (Å²) in [6, 6.07) is 15.7. The van der Waals surface area contributed by atoms with Crippen LogP contribution in [-0.4, -0.2) is 47.9 Å². The van der Waals surface area contributed by atoms with Crippen molar-refractivity contribution >= 4 is 23.5 Å². The van der Waals surface area contributed by atoms with Crippen LogP contribution in [0.5, 0.6) is 0 Å². The predicted molar refractivity (Wildman–Crippen MR) is 141 cm³/mol. The third-order valence-electron chi connectivity index (χ3n) is 4.72. The highest BCUT2D eigenvalue weighted by atomic mass is 32.2. The molecule has 0 saturated carbocycles. The minimum Gasteiger partial charge on any atom is -0.231 e. The van der Waals surface area contributed by atoms with Crippen molar-refractivity contribution in [3.63, 3.8) is 0 Å². The van der Waals surface area contributed by atoms with Crippen molar-refractivity contribution < 1.29 is 8.78 Å². The number of H-pyrrole nitrogens is 1. The molecular weight excluding hydrogens is 512 g/mol. The number of aromatic nitrogens is 7. The summed E-state index contributed by atoms with van der Waals surface area (Å²) >= 11 is 2.92. The van der Waals surface area contributed by atoms with Crippen molar-refractivity contribution in [3.05, 3.63) is 95.9 Å². The molecule has 0 radical (unpaired) electrons. The summed E-state index contributed by atoms with van der Waals surface area (Å²) in [5, 5.41) is 12.2. The molecule has 0 atom stereocenters. The molecule has 0 spiro atoms. The van der Waals surface area contributed by atoms with Crippen molar-refractivity contribution in [2.75, 3.05) is 12.5 Å². The summed E-state index contributed by atoms with van der Waals surface area (Å²) in [6.07, 6.45) is 7.17. The molecular formula is C26H19F2N7S2. The molecule has 7 nitrogen and oxygen atoms in total. The van der Waals surface area contributed by atoms with Gasteiger partial charge in [-0.25, -0.2) is 28.7 Å². The Balaban J connectivity index is 0.000000176. The number of hydrogen-bond donors (Lipinski definition) is 1. The van der Waals surface area contributed by atoms with Crippen LogP contribution >= 0.6 is 23.5 Å². The van der Waals surface area contributed by atoms with Gasteiger partial charge < -0.3 is 0 Å². The summed E-state index contributed by atoms with van der Waals surface area (Å²) in [5.74, 6) is 5.29. The fraction of sp³-hybridized carbons (Fsp3) is 0.0769. The highest BCUT2D eigenvalue weighted by Gasteiger charge is 2.14. The van der Waals surface area contributed by atoms with E-state index in [1.54, 1.807) is 48.8 Å². The van der Waals surface area contributed by atoms with Gasteiger partial charge in [0.05, 0.1) is 5.69 Å². The van der Waals surface area contributed by atoms with Gasteiger partial charge in [0, 0.05) is 23.5 Å². The van der Waals surface area contributed by atoms with Gasteiger partial charge >= 0.3 is 0 Å². The van der Waals surface area contributed by atoms with Crippen LogP contribution in [-0.2, 0) is 0 Å². The van der Waals surface area contributed by atoms with Gasteiger partial charge in [-0.15, -0.1) is 0 Å². The fourth-order valence-corrected chi connectivity index (χ4v) is 3.68. The Morgan fingerprint density at radius 3 is 1.95 bits per heavy atom. The minimum atomic E-state index is -0.287. The molecule has 0 amide bonds. The summed E-state index contributed by atoms with van der Waals surface area (Å²) in [5.41, 5.74) is 4.13. The zero-order chi connectivity index (χ0) is 26.0. The van der Waals surface area contributed by atoms with Crippen molar-refractivity contribution in [1.82, 2.24) is 35.3 Å². The first kappa shape index (κ1) is 25.9. The lowest BCUT2D eigenvalue weighted by molar-refractivity contribution is 0.627. The van der Waals surface area contributed by atoms with Crippen molar-refractivity contribution in [2.45, 2.75) is 10.3 Å². The molecule has 0 aliphatic rings. The van der Waals surface area contributed by atoms with E-state index in [-0.39, 0.29) is 11.6 Å². The molecule has 0 fully saturated rings. The Bertz CT molecular complexity index is 1530. The molecule has 5 aromatic rings. The zero-order valence-corrected chi connectivity index (χ0v) is 21.3. The largest absolute Gasteiger partial charge is 0.231 e. The monoisotopic (exact) mass is 531 g/mol. The van der Waals surface area contributed by atoms with Gasteiger partial charge in [-0.05, 0) is 79.1 Å². The zero-order valence-electron chi connectivity index (χ0n) is 19.7. The molecule has 11 heteroatoms. The van der Waals surface area contributed by atoms with Crippen LogP contribution in [0.25, 0.3) is 22.6 Å². The van der Waals surface area contributed by atoms with Gasteiger partial charge in [-0.2, -0.15) is 15.4 Å². The first-order valence-corrected chi connectivity index (χ1v) is 13.2. The Labute approximate surface area is 220 Å². The van der Waals surface area contributed by atoms with Gasteiger partial charge in [-0.1, -0.05) is 29.4 Å². The molecule has 37 heavy (non-hydrogen) atoms. The Hall–Kier alpha value is -4.14. The van der Waals surface area contributed by atoms with Crippen LogP contribution < -0.4 is 0 Å². The highest BCUT2D eigenvalue weighted by molar-refractivity contribution is 7.98. The van der Waals surface area contributed by atoms with E-state index in [0.29, 0.717) is 33.1 Å². The van der Waals surface area contributed by atoms with E-state index in [0.717, 1.165) is 11.1 Å². The van der Waals surface area contributed by atoms with E-state index in [1.165, 1.54) is 47.8 Å². The Morgan fingerprint density at radius 1 is 0.676 bits per heavy atom. The van der Waals surface area contributed by atoms with E-state index < -0.39 is 0 Å². The standard InChI is InChI=1S/C13H10FN5S.C13H9FN2S/c1-20-13-15-7-6-10(16-13)12-11(17-19-18-12)8-2-4-9(14)5-3-8;1-17-13-15-9-8-12(16-13)7-4-10-2-5-11(14)6-3-10/h2-7H,1H3,(H,17,18,19);2-3,5-6,8-9H,1H3. The number of rotatable bonds is 4. The molecule has 5 rings (SSSR count). The lowest BCUT2D eigenvalue weighted by atomic mass is 10.1. The molecule has 0 unspecified atom stereocenters. The molecule has 3 heterocycles. The number of hydrogen-bond acceptors (Lipinski definition) is 8. The summed E-state index contributed by atoms with van der Waals surface area (Å²) in [7, 11) is 0. The Morgan fingerprint density at radius 2 is 1.27 bits per heavy atom. The SMILES string of the molecule is CSc1nccc(-c2n[nH]nc2-c2ccc(F)cc2)n1.CSc1nccc(C#Cc2ccc(F)cc2)n1. The van der Waals surface area contributed by atoms with Gasteiger partial charge in [-0.3, -0.25) is 0 Å². The molecule has 2 aromatic carbocycles. The Kier molecular flexibility index (Phi) is 8.91. The number of nitrogens with zero attached hydrogens (tertiary/aromatic N) is 6. The molecule has 184 valence electrons. The molecule has 0 bridgehead atoms. The average Bonchev–Trinajstić information content (AvgIpc) is 3.44. The summed E-state index contributed by atoms with van der Waals surface area (Å²) < 4.78 is 25.7. The van der Waals surface area contributed by atoms with Crippen LogP contribution in [0.4, 0.5) is 8.78 Å². The van der Waals surface area contributed by atoms with Gasteiger partial charge in [0.15, 0.2) is 10.3 Å². The number of thioether (sulfide) groups is 2. The van der Waals surface area contributed by atoms with Gasteiger partial charge in [0.1, 0.15) is 28.7 Å². The molecule has 3 aromatic heterocycles. The van der Waals surface area contributed by atoms with E-state index in [4.69, 9.17) is 0 Å². The second-order valence-corrected chi connectivity index (χ2v) is 8.69. The maximum absolute atomic E-state index is 13.0. The summed E-state index contributed by atoms with van der Waals surface area (Å²) in [4.78, 5) is 16.8. The predicted octanol–water partition coefficient (Wildman–Crippen LogP) is 5.53. The molecule has 0 saturated heterocycles. The van der Waals surface area contributed by atoms with Crippen LogP contribution in [0.2, 0.25) is 0 Å². The molecule has 1 N–H and O–H groups in total. The van der Waals surface area contributed by atoms with Crippen LogP contribution in [0, 0.1) is 23.5 Å². The van der Waals surface area contributed by atoms with Crippen LogP contribution in [0.1, 0.15) is 11.3 Å². The van der Waals surface area contributed by atoms with E-state index in [9.17, 15) is 8.78 Å². The average molecular weight is 532 g/mol. The number of halogens is 2. The minimum absolute atomic E-state index is 0.262. The number of aromatic amines is 1. The number of nitrogens with one attached hydrogen (secondary N) is 1. The van der Waals surface area contributed by atoms with Crippen LogP contribution in [0.3, 0.4) is 0 Å². The lowest BCUT2D eigenvalue weighted by Gasteiger charge is -2.02. The third kappa shape index (κ3) is 7.19. The topological polar surface area (TPSA) is 93.1 Å². The van der Waals surface area contributed by atoms with Crippen molar-refractivity contribution in [3.8, 4) is 34.5 Å². The quantitative estimate of drug-likeness (QED) is 0.184. The second kappa shape index (κ2) is 12.7. The van der Waals surface area contributed by atoms with Crippen LogP contribution in [0.15, 0.2) is 83.4 Å². The first-order chi connectivity index (χ1) is 18.1. The molecule has 0 aliphatic carbocycles. The summed E-state index contributed by atoms with van der Waals surface area (Å²) in [6.45, 7) is 0. The lowest BCUT2D eigenvalue weighted by Crippen LogP contribution is -1.91. The maximum atomic E-state index is 13.0. The van der Waals surface area contributed by atoms with Gasteiger partial charge in [0.25, 0.3) is 0 Å². The smallest absolute Gasteiger partial charge is 0.188 e. The second-order valence-electron chi connectivity index (χ2n) is 7.14. The van der Waals surface area contributed by atoms with E-state index >= 15 is 0 Å². The third-order valence-corrected chi connectivity index (χ3v) is 5.84. The normalized spacial score (nSPS) is 10.2. The van der Waals surface area contributed by atoms with E-state index in [2.05, 4.69) is 47.2 Å². The maximum Gasteiger partial charge on any atom is 0.188 e. The highest BCUT2D eigenvalue weighted by Crippen LogP contribution is 2.27.